The van der Waals surface area contributed by atoms with Gasteiger partial charge in [0.05, 0.1) is 7.11 Å². The molecule has 9 heteroatoms. The summed E-state index contributed by atoms with van der Waals surface area (Å²) in [6, 6.07) is 4.38. The van der Waals surface area contributed by atoms with Crippen LogP contribution in [0.2, 0.25) is 0 Å². The van der Waals surface area contributed by atoms with E-state index in [1.165, 1.54) is 33.3 Å². The molecule has 1 aromatic carbocycles. The summed E-state index contributed by atoms with van der Waals surface area (Å²) in [5.74, 6) is -0.778. The van der Waals surface area contributed by atoms with Gasteiger partial charge in [0.1, 0.15) is 10.6 Å². The van der Waals surface area contributed by atoms with Gasteiger partial charge in [0, 0.05) is 39.2 Å². The third kappa shape index (κ3) is 4.98. The summed E-state index contributed by atoms with van der Waals surface area (Å²) >= 11 is 0. The molecule has 0 bridgehead atoms. The molecule has 8 nitrogen and oxygen atoms in total. The van der Waals surface area contributed by atoms with Crippen LogP contribution in [0.4, 0.5) is 0 Å². The molecule has 0 aliphatic carbocycles. The lowest BCUT2D eigenvalue weighted by atomic mass is 9.93. The maximum Gasteiger partial charge on any atom is 0.303 e. The van der Waals surface area contributed by atoms with Crippen LogP contribution in [0.5, 0.6) is 5.75 Å². The molecule has 1 saturated heterocycles. The van der Waals surface area contributed by atoms with Crippen LogP contribution in [-0.2, 0) is 14.8 Å². The Bertz CT molecular complexity index is 806. The molecule has 0 spiro atoms. The fraction of sp³-hybridized carbons (Fsp3) is 0.556. The molecule has 1 amide bonds. The molecule has 2 rings (SSSR count). The number of likely N-dealkylation sites (tertiary alicyclic amines) is 1. The smallest absolute Gasteiger partial charge is 0.303 e. The van der Waals surface area contributed by atoms with Crippen LogP contribution in [0, 0.1) is 5.92 Å². The van der Waals surface area contributed by atoms with Crippen molar-refractivity contribution < 1.29 is 27.9 Å². The third-order valence-electron chi connectivity index (χ3n) is 4.74. The molecule has 1 aliphatic heterocycles. The first-order valence-corrected chi connectivity index (χ1v) is 10.2. The second kappa shape index (κ2) is 8.71. The molecule has 0 aromatic heterocycles. The number of sulfonamides is 1. The molecule has 1 unspecified atom stereocenters. The molecule has 150 valence electrons. The van der Waals surface area contributed by atoms with Crippen molar-refractivity contribution >= 4 is 21.9 Å². The molecule has 1 aromatic rings. The fourth-order valence-corrected chi connectivity index (χ4v) is 4.28. The monoisotopic (exact) mass is 398 g/mol. The molecular weight excluding hydrogens is 372 g/mol. The molecule has 0 radical (unpaired) electrons. The van der Waals surface area contributed by atoms with Crippen molar-refractivity contribution in [2.24, 2.45) is 5.92 Å². The summed E-state index contributed by atoms with van der Waals surface area (Å²) in [6.07, 6.45) is 2.30. The zero-order chi connectivity index (χ0) is 20.2. The van der Waals surface area contributed by atoms with Crippen LogP contribution in [0.25, 0.3) is 0 Å². The van der Waals surface area contributed by atoms with Crippen LogP contribution in [0.15, 0.2) is 23.1 Å². The number of carboxylic acids is 1. The maximum atomic E-state index is 12.9. The molecule has 1 atom stereocenters. The van der Waals surface area contributed by atoms with Crippen molar-refractivity contribution in [2.45, 2.75) is 30.6 Å². The minimum atomic E-state index is -3.76. The molecule has 1 aliphatic rings. The van der Waals surface area contributed by atoms with E-state index in [0.717, 1.165) is 17.1 Å². The van der Waals surface area contributed by atoms with Gasteiger partial charge < -0.3 is 14.7 Å². The second-order valence-corrected chi connectivity index (χ2v) is 8.97. The number of piperidine rings is 1. The van der Waals surface area contributed by atoms with Gasteiger partial charge in [0.15, 0.2) is 0 Å². The SMILES string of the molecule is COc1ccc(C(=O)N2CCCC(CCC(=O)O)C2)cc1S(=O)(=O)N(C)C. The molecule has 27 heavy (non-hydrogen) atoms. The Labute approximate surface area is 159 Å². The number of aliphatic carboxylic acids is 1. The van der Waals surface area contributed by atoms with Crippen LogP contribution >= 0.6 is 0 Å². The molecule has 0 saturated carbocycles. The van der Waals surface area contributed by atoms with Gasteiger partial charge in [0.25, 0.3) is 5.91 Å². The lowest BCUT2D eigenvalue weighted by Gasteiger charge is -2.33. The van der Waals surface area contributed by atoms with Crippen LogP contribution in [0.3, 0.4) is 0 Å². The van der Waals surface area contributed by atoms with Crippen molar-refractivity contribution in [3.63, 3.8) is 0 Å². The maximum absolute atomic E-state index is 12.9. The zero-order valence-electron chi connectivity index (χ0n) is 15.8. The predicted octanol–water partition coefficient (Wildman–Crippen LogP) is 1.66. The van der Waals surface area contributed by atoms with E-state index in [2.05, 4.69) is 0 Å². The third-order valence-corrected chi connectivity index (χ3v) is 6.58. The highest BCUT2D eigenvalue weighted by atomic mass is 32.2. The van der Waals surface area contributed by atoms with E-state index < -0.39 is 16.0 Å². The van der Waals surface area contributed by atoms with E-state index in [0.29, 0.717) is 19.5 Å². The number of carboxylic acid groups (broad SMARTS) is 1. The summed E-state index contributed by atoms with van der Waals surface area (Å²) < 4.78 is 31.3. The van der Waals surface area contributed by atoms with Crippen molar-refractivity contribution in [1.82, 2.24) is 9.21 Å². The van der Waals surface area contributed by atoms with E-state index in [1.54, 1.807) is 11.0 Å². The number of amides is 1. The van der Waals surface area contributed by atoms with Gasteiger partial charge >= 0.3 is 5.97 Å². The summed E-state index contributed by atoms with van der Waals surface area (Å²) in [5.41, 5.74) is 0.273. The number of hydrogen-bond acceptors (Lipinski definition) is 5. The molecule has 1 N–H and O–H groups in total. The number of carbonyl (C=O) groups excluding carboxylic acids is 1. The lowest BCUT2D eigenvalue weighted by Crippen LogP contribution is -2.40. The van der Waals surface area contributed by atoms with E-state index >= 15 is 0 Å². The normalized spacial score (nSPS) is 17.8. The van der Waals surface area contributed by atoms with Gasteiger partial charge in [-0.2, -0.15) is 0 Å². The fourth-order valence-electron chi connectivity index (χ4n) is 3.20. The summed E-state index contributed by atoms with van der Waals surface area (Å²) in [7, 11) is 0.450. The zero-order valence-corrected chi connectivity index (χ0v) is 16.7. The first-order valence-electron chi connectivity index (χ1n) is 8.78. The first kappa shape index (κ1) is 21.2. The first-order chi connectivity index (χ1) is 12.7. The van der Waals surface area contributed by atoms with Crippen molar-refractivity contribution in [3.8, 4) is 5.75 Å². The lowest BCUT2D eigenvalue weighted by molar-refractivity contribution is -0.137. The van der Waals surface area contributed by atoms with Gasteiger partial charge in [-0.1, -0.05) is 0 Å². The Morgan fingerprint density at radius 3 is 2.63 bits per heavy atom. The number of methoxy groups -OCH3 is 1. The standard InChI is InChI=1S/C18H26N2O6S/c1-19(2)27(24,25)16-11-14(7-8-15(16)26-3)18(23)20-10-4-5-13(12-20)6-9-17(21)22/h7-8,11,13H,4-6,9-10,12H2,1-3H3,(H,21,22). The molecule has 1 fully saturated rings. The topological polar surface area (TPSA) is 104 Å². The second-order valence-electron chi connectivity index (χ2n) is 6.84. The highest BCUT2D eigenvalue weighted by molar-refractivity contribution is 7.89. The van der Waals surface area contributed by atoms with Gasteiger partial charge in [-0.05, 0) is 43.4 Å². The van der Waals surface area contributed by atoms with E-state index in [-0.39, 0.29) is 34.5 Å². The number of carbonyl (C=O) groups is 2. The average Bonchev–Trinajstić information content (AvgIpc) is 2.65. The van der Waals surface area contributed by atoms with Crippen molar-refractivity contribution in [3.05, 3.63) is 23.8 Å². The number of rotatable bonds is 7. The summed E-state index contributed by atoms with van der Waals surface area (Å²) in [5, 5.41) is 8.84. The Morgan fingerprint density at radius 1 is 1.33 bits per heavy atom. The van der Waals surface area contributed by atoms with Crippen LogP contribution < -0.4 is 4.74 Å². The Balaban J connectivity index is 2.24. The Morgan fingerprint density at radius 2 is 2.04 bits per heavy atom. The number of ether oxygens (including phenoxy) is 1. The van der Waals surface area contributed by atoms with Gasteiger partial charge in [-0.3, -0.25) is 9.59 Å². The van der Waals surface area contributed by atoms with Crippen LogP contribution in [-0.4, -0.2) is 68.9 Å². The summed E-state index contributed by atoms with van der Waals surface area (Å²) in [6.45, 7) is 1.05. The Hall–Kier alpha value is -2.13. The molecular formula is C18H26N2O6S. The Kier molecular flexibility index (Phi) is 6.83. The minimum absolute atomic E-state index is 0.0553. The van der Waals surface area contributed by atoms with E-state index in [9.17, 15) is 18.0 Å². The quantitative estimate of drug-likeness (QED) is 0.749. The molecule has 1 heterocycles. The minimum Gasteiger partial charge on any atom is -0.495 e. The highest BCUT2D eigenvalue weighted by Crippen LogP contribution is 2.28. The highest BCUT2D eigenvalue weighted by Gasteiger charge is 2.28. The van der Waals surface area contributed by atoms with Crippen molar-refractivity contribution in [2.75, 3.05) is 34.3 Å². The van der Waals surface area contributed by atoms with Crippen LogP contribution in [0.1, 0.15) is 36.0 Å². The van der Waals surface area contributed by atoms with E-state index in [1.807, 2.05) is 0 Å². The number of nitrogens with zero attached hydrogens (tertiary/aromatic N) is 2. The van der Waals surface area contributed by atoms with Crippen molar-refractivity contribution in [1.29, 1.82) is 0 Å². The largest absolute Gasteiger partial charge is 0.495 e. The van der Waals surface area contributed by atoms with Gasteiger partial charge in [-0.25, -0.2) is 12.7 Å². The van der Waals surface area contributed by atoms with Gasteiger partial charge in [-0.15, -0.1) is 0 Å². The number of hydrogen-bond donors (Lipinski definition) is 1. The average molecular weight is 398 g/mol. The predicted molar refractivity (Wildman–Crippen MR) is 99.4 cm³/mol. The van der Waals surface area contributed by atoms with Gasteiger partial charge in [0.2, 0.25) is 10.0 Å². The van der Waals surface area contributed by atoms with E-state index in [4.69, 9.17) is 9.84 Å². The number of benzene rings is 1. The summed E-state index contributed by atoms with van der Waals surface area (Å²) in [4.78, 5) is 25.3.